The number of nitrogens with one attached hydrogen (secondary N) is 1. The maximum absolute atomic E-state index is 12.7. The number of halogens is 1. The van der Waals surface area contributed by atoms with Gasteiger partial charge in [0.25, 0.3) is 0 Å². The molecule has 0 radical (unpaired) electrons. The molecule has 3 N–H and O–H groups in total. The number of carbonyl (C=O) groups excluding carboxylic acids is 1. The minimum atomic E-state index is -0.208. The van der Waals surface area contributed by atoms with E-state index in [1.165, 1.54) is 5.56 Å². The van der Waals surface area contributed by atoms with Gasteiger partial charge in [-0.1, -0.05) is 36.4 Å². The third-order valence-corrected chi connectivity index (χ3v) is 5.71. The molecule has 1 aliphatic rings. The van der Waals surface area contributed by atoms with Gasteiger partial charge in [-0.2, -0.15) is 0 Å². The summed E-state index contributed by atoms with van der Waals surface area (Å²) in [4.78, 5) is 14.8. The second-order valence-corrected chi connectivity index (χ2v) is 7.54. The lowest BCUT2D eigenvalue weighted by Gasteiger charge is -2.23. The smallest absolute Gasteiger partial charge is 0.237 e. The Labute approximate surface area is 185 Å². The van der Waals surface area contributed by atoms with E-state index in [2.05, 4.69) is 22.3 Å². The van der Waals surface area contributed by atoms with Gasteiger partial charge in [0.1, 0.15) is 0 Å². The van der Waals surface area contributed by atoms with Gasteiger partial charge < -0.3 is 20.5 Å². The summed E-state index contributed by atoms with van der Waals surface area (Å²) >= 11 is 0. The number of nitrogens with two attached hydrogens (primary N) is 1. The summed E-state index contributed by atoms with van der Waals surface area (Å²) in [6.45, 7) is 4.05. The van der Waals surface area contributed by atoms with Crippen LogP contribution in [-0.2, 0) is 11.2 Å². The van der Waals surface area contributed by atoms with Crippen LogP contribution in [0.15, 0.2) is 48.5 Å². The van der Waals surface area contributed by atoms with E-state index in [0.717, 1.165) is 25.1 Å². The molecule has 0 bridgehead atoms. The van der Waals surface area contributed by atoms with Crippen LogP contribution in [0.4, 0.5) is 0 Å². The van der Waals surface area contributed by atoms with E-state index >= 15 is 0 Å². The van der Waals surface area contributed by atoms with Gasteiger partial charge in [0.2, 0.25) is 5.91 Å². The van der Waals surface area contributed by atoms with Crippen LogP contribution in [0.25, 0.3) is 0 Å². The number of carbonyl (C=O) groups is 1. The summed E-state index contributed by atoms with van der Waals surface area (Å²) in [5, 5.41) is 3.05. The van der Waals surface area contributed by atoms with Crippen molar-refractivity contribution in [2.45, 2.75) is 31.3 Å². The molecular weight excluding hydrogens is 402 g/mol. The molecule has 1 amide bonds. The summed E-state index contributed by atoms with van der Waals surface area (Å²) in [5.74, 6) is 1.69. The van der Waals surface area contributed by atoms with Crippen LogP contribution >= 0.6 is 12.4 Å². The minimum absolute atomic E-state index is 0. The number of likely N-dealkylation sites (tertiary alicyclic amines) is 1. The molecule has 1 heterocycles. The highest BCUT2D eigenvalue weighted by Gasteiger charge is 2.35. The number of rotatable bonds is 8. The van der Waals surface area contributed by atoms with Crippen molar-refractivity contribution in [3.8, 4) is 11.5 Å². The summed E-state index contributed by atoms with van der Waals surface area (Å²) in [5.41, 5.74) is 8.70. The molecule has 1 unspecified atom stereocenters. The molecule has 1 fully saturated rings. The molecule has 2 aromatic carbocycles. The van der Waals surface area contributed by atoms with E-state index in [9.17, 15) is 4.79 Å². The first-order chi connectivity index (χ1) is 14.0. The maximum Gasteiger partial charge on any atom is 0.237 e. The highest BCUT2D eigenvalue weighted by Crippen LogP contribution is 2.28. The first-order valence-corrected chi connectivity index (χ1v) is 10.1. The van der Waals surface area contributed by atoms with Crippen LogP contribution < -0.4 is 20.5 Å². The standard InChI is InChI=1S/C23H31N3O3.ClH/c1-16(26-14-19(20(24)15-26)18-7-5-4-6-8-18)23(27)25-12-11-17-9-10-21(28-2)22(13-17)29-3;/h4-10,13,16,19-20H,11-12,14-15,24H2,1-3H3,(H,25,27);1H/t16?,19-,20+;/m0./s1. The molecule has 7 heteroatoms. The third kappa shape index (κ3) is 5.65. The van der Waals surface area contributed by atoms with Crippen molar-refractivity contribution in [3.63, 3.8) is 0 Å². The van der Waals surface area contributed by atoms with Gasteiger partial charge >= 0.3 is 0 Å². The van der Waals surface area contributed by atoms with E-state index < -0.39 is 0 Å². The molecule has 0 spiro atoms. The van der Waals surface area contributed by atoms with Crippen molar-refractivity contribution in [2.24, 2.45) is 5.73 Å². The maximum atomic E-state index is 12.7. The van der Waals surface area contributed by atoms with Gasteiger partial charge in [-0.15, -0.1) is 12.4 Å². The van der Waals surface area contributed by atoms with Crippen molar-refractivity contribution >= 4 is 18.3 Å². The average molecular weight is 434 g/mol. The number of hydrogen-bond acceptors (Lipinski definition) is 5. The summed E-state index contributed by atoms with van der Waals surface area (Å²) < 4.78 is 10.6. The van der Waals surface area contributed by atoms with E-state index in [1.807, 2.05) is 43.3 Å². The van der Waals surface area contributed by atoms with E-state index in [-0.39, 0.29) is 36.3 Å². The van der Waals surface area contributed by atoms with Gasteiger partial charge in [-0.05, 0) is 36.6 Å². The molecule has 1 aliphatic heterocycles. The zero-order valence-electron chi connectivity index (χ0n) is 17.8. The molecule has 6 nitrogen and oxygen atoms in total. The predicted molar refractivity (Wildman–Crippen MR) is 122 cm³/mol. The van der Waals surface area contributed by atoms with Gasteiger partial charge in [0.15, 0.2) is 11.5 Å². The number of amides is 1. The Morgan fingerprint density at radius 3 is 2.50 bits per heavy atom. The molecule has 0 aliphatic carbocycles. The minimum Gasteiger partial charge on any atom is -0.493 e. The Balaban J connectivity index is 0.00000320. The summed E-state index contributed by atoms with van der Waals surface area (Å²) in [6, 6.07) is 16.0. The highest BCUT2D eigenvalue weighted by molar-refractivity contribution is 5.85. The van der Waals surface area contributed by atoms with Crippen LogP contribution in [0.5, 0.6) is 11.5 Å². The monoisotopic (exact) mass is 433 g/mol. The van der Waals surface area contributed by atoms with Gasteiger partial charge in [-0.3, -0.25) is 9.69 Å². The normalized spacial score (nSPS) is 19.6. The lowest BCUT2D eigenvalue weighted by Crippen LogP contribution is -2.45. The first kappa shape index (κ1) is 24.0. The number of hydrogen-bond donors (Lipinski definition) is 2. The highest BCUT2D eigenvalue weighted by atomic mass is 35.5. The molecule has 30 heavy (non-hydrogen) atoms. The molecular formula is C23H32ClN3O3. The van der Waals surface area contributed by atoms with Crippen molar-refractivity contribution in [2.75, 3.05) is 33.9 Å². The van der Waals surface area contributed by atoms with Crippen molar-refractivity contribution in [1.29, 1.82) is 0 Å². The van der Waals surface area contributed by atoms with E-state index in [0.29, 0.717) is 18.0 Å². The Morgan fingerprint density at radius 1 is 1.13 bits per heavy atom. The molecule has 1 saturated heterocycles. The lowest BCUT2D eigenvalue weighted by molar-refractivity contribution is -0.125. The second kappa shape index (κ2) is 11.2. The van der Waals surface area contributed by atoms with Crippen LogP contribution in [0.2, 0.25) is 0 Å². The van der Waals surface area contributed by atoms with Crippen LogP contribution in [0.1, 0.15) is 24.0 Å². The molecule has 0 saturated carbocycles. The fourth-order valence-electron chi connectivity index (χ4n) is 3.91. The Kier molecular flexibility index (Phi) is 8.96. The third-order valence-electron chi connectivity index (χ3n) is 5.71. The predicted octanol–water partition coefficient (Wildman–Crippen LogP) is 2.60. The fraction of sp³-hybridized carbons (Fsp3) is 0.435. The first-order valence-electron chi connectivity index (χ1n) is 10.1. The van der Waals surface area contributed by atoms with E-state index in [4.69, 9.17) is 15.2 Å². The number of methoxy groups -OCH3 is 2. The van der Waals surface area contributed by atoms with Gasteiger partial charge in [0.05, 0.1) is 20.3 Å². The summed E-state index contributed by atoms with van der Waals surface area (Å²) in [7, 11) is 3.24. The van der Waals surface area contributed by atoms with Crippen molar-refractivity contribution in [3.05, 3.63) is 59.7 Å². The SMILES string of the molecule is COc1ccc(CCNC(=O)C(C)N2C[C@@H](N)[C@H](c3ccccc3)C2)cc1OC.Cl. The Hall–Kier alpha value is -2.28. The number of ether oxygens (including phenoxy) is 2. The fourth-order valence-corrected chi connectivity index (χ4v) is 3.91. The van der Waals surface area contributed by atoms with Crippen molar-refractivity contribution < 1.29 is 14.3 Å². The molecule has 3 rings (SSSR count). The summed E-state index contributed by atoms with van der Waals surface area (Å²) in [6.07, 6.45) is 0.727. The number of benzene rings is 2. The van der Waals surface area contributed by atoms with Crippen LogP contribution in [0.3, 0.4) is 0 Å². The quantitative estimate of drug-likeness (QED) is 0.669. The zero-order chi connectivity index (χ0) is 20.8. The van der Waals surface area contributed by atoms with E-state index in [1.54, 1.807) is 14.2 Å². The van der Waals surface area contributed by atoms with Gasteiger partial charge in [0, 0.05) is 31.6 Å². The van der Waals surface area contributed by atoms with Gasteiger partial charge in [-0.25, -0.2) is 0 Å². The average Bonchev–Trinajstić information content (AvgIpc) is 3.15. The Morgan fingerprint density at radius 2 is 1.83 bits per heavy atom. The topological polar surface area (TPSA) is 76.8 Å². The van der Waals surface area contributed by atoms with Crippen LogP contribution in [0, 0.1) is 0 Å². The molecule has 0 aromatic heterocycles. The molecule has 164 valence electrons. The second-order valence-electron chi connectivity index (χ2n) is 7.54. The zero-order valence-corrected chi connectivity index (χ0v) is 18.7. The molecule has 2 aromatic rings. The largest absolute Gasteiger partial charge is 0.493 e. The lowest BCUT2D eigenvalue weighted by atomic mass is 9.95. The number of nitrogens with zero attached hydrogens (tertiary/aromatic N) is 1. The van der Waals surface area contributed by atoms with Crippen molar-refractivity contribution in [1.82, 2.24) is 10.2 Å². The Bertz CT molecular complexity index is 819. The molecule has 3 atom stereocenters. The van der Waals surface area contributed by atoms with Crippen LogP contribution in [-0.4, -0.2) is 56.7 Å².